The number of amides is 1. The molecule has 4 aromatic rings. The molecule has 0 bridgehead atoms. The monoisotopic (exact) mass is 472 g/mol. The molecule has 0 spiro atoms. The highest BCUT2D eigenvalue weighted by Gasteiger charge is 2.25. The highest BCUT2D eigenvalue weighted by atomic mass is 32.1. The molecule has 172 valence electrons. The third-order valence-corrected chi connectivity index (χ3v) is 6.73. The number of alkyl halides is 2. The van der Waals surface area contributed by atoms with E-state index in [-0.39, 0.29) is 11.4 Å². The van der Waals surface area contributed by atoms with Crippen LogP contribution in [0.25, 0.3) is 16.2 Å². The van der Waals surface area contributed by atoms with Crippen LogP contribution in [-0.4, -0.2) is 48.4 Å². The molecule has 4 aromatic heterocycles. The predicted molar refractivity (Wildman–Crippen MR) is 121 cm³/mol. The number of thiazole rings is 1. The first-order chi connectivity index (χ1) is 15.8. The van der Waals surface area contributed by atoms with Gasteiger partial charge in [-0.1, -0.05) is 6.92 Å². The van der Waals surface area contributed by atoms with Gasteiger partial charge in [0.1, 0.15) is 16.4 Å². The predicted octanol–water partition coefficient (Wildman–Crippen LogP) is 3.93. The SMILES string of the molecule is Cc1sc(-c2cnn(C)c2C(=O)Nc2ccn3nc(N4CC[C@@H](C)C4)nc3c2)nc1C(F)F. The van der Waals surface area contributed by atoms with E-state index in [4.69, 9.17) is 0 Å². The van der Waals surface area contributed by atoms with Crippen LogP contribution in [0.1, 0.15) is 40.8 Å². The van der Waals surface area contributed by atoms with Crippen molar-refractivity contribution in [3.8, 4) is 10.6 Å². The van der Waals surface area contributed by atoms with Crippen LogP contribution in [-0.2, 0) is 7.05 Å². The molecule has 1 atom stereocenters. The standard InChI is InChI=1S/C21H22F2N8OS/c1-11-4-6-30(10-11)21-26-15-8-13(5-7-31(15)28-21)25-19(32)17-14(9-24-29(17)3)20-27-16(18(22)23)12(2)33-20/h5,7-9,11,18H,4,6,10H2,1-3H3,(H,25,32)/t11-/m1/s1. The number of rotatable bonds is 5. The van der Waals surface area contributed by atoms with E-state index in [1.807, 2.05) is 0 Å². The Morgan fingerprint density at radius 3 is 2.85 bits per heavy atom. The Balaban J connectivity index is 1.41. The van der Waals surface area contributed by atoms with Crippen molar-refractivity contribution in [1.82, 2.24) is 29.4 Å². The lowest BCUT2D eigenvalue weighted by molar-refractivity contribution is 0.101. The normalized spacial score (nSPS) is 16.3. The summed E-state index contributed by atoms with van der Waals surface area (Å²) >= 11 is 1.11. The maximum Gasteiger partial charge on any atom is 0.281 e. The summed E-state index contributed by atoms with van der Waals surface area (Å²) in [5.74, 6) is 0.859. The van der Waals surface area contributed by atoms with Crippen LogP contribution in [0.4, 0.5) is 20.4 Å². The average Bonchev–Trinajstić information content (AvgIpc) is 3.53. The van der Waals surface area contributed by atoms with Crippen LogP contribution in [0.5, 0.6) is 0 Å². The molecule has 5 heterocycles. The molecule has 1 aliphatic rings. The molecule has 5 rings (SSSR count). The van der Waals surface area contributed by atoms with Gasteiger partial charge in [-0.2, -0.15) is 10.1 Å². The average molecular weight is 473 g/mol. The maximum absolute atomic E-state index is 13.2. The van der Waals surface area contributed by atoms with E-state index in [0.717, 1.165) is 30.8 Å². The van der Waals surface area contributed by atoms with Crippen LogP contribution in [0.3, 0.4) is 0 Å². The van der Waals surface area contributed by atoms with Gasteiger partial charge in [-0.05, 0) is 25.3 Å². The summed E-state index contributed by atoms with van der Waals surface area (Å²) < 4.78 is 29.5. The minimum absolute atomic E-state index is 0.234. The van der Waals surface area contributed by atoms with Gasteiger partial charge in [0.2, 0.25) is 5.95 Å². The Morgan fingerprint density at radius 2 is 2.15 bits per heavy atom. The molecule has 1 aliphatic heterocycles. The van der Waals surface area contributed by atoms with E-state index in [0.29, 0.717) is 38.6 Å². The second kappa shape index (κ2) is 8.18. The number of pyridine rings is 1. The molecule has 1 amide bonds. The summed E-state index contributed by atoms with van der Waals surface area (Å²) in [5, 5.41) is 11.9. The van der Waals surface area contributed by atoms with Gasteiger partial charge in [0, 0.05) is 43.0 Å². The first-order valence-electron chi connectivity index (χ1n) is 10.5. The molecule has 1 N–H and O–H groups in total. The minimum atomic E-state index is -2.67. The number of aromatic nitrogens is 6. The molecule has 0 saturated carbocycles. The largest absolute Gasteiger partial charge is 0.339 e. The third-order valence-electron chi connectivity index (χ3n) is 5.71. The summed E-state index contributed by atoms with van der Waals surface area (Å²) in [4.78, 5) is 24.3. The Labute approximate surface area is 192 Å². The van der Waals surface area contributed by atoms with Gasteiger partial charge in [-0.15, -0.1) is 16.4 Å². The van der Waals surface area contributed by atoms with Crippen LogP contribution in [0.2, 0.25) is 0 Å². The third kappa shape index (κ3) is 3.94. The van der Waals surface area contributed by atoms with Gasteiger partial charge in [0.25, 0.3) is 12.3 Å². The summed E-state index contributed by atoms with van der Waals surface area (Å²) in [7, 11) is 1.62. The quantitative estimate of drug-likeness (QED) is 0.473. The first kappa shape index (κ1) is 21.4. The second-order valence-electron chi connectivity index (χ2n) is 8.22. The Bertz CT molecular complexity index is 1340. The minimum Gasteiger partial charge on any atom is -0.339 e. The lowest BCUT2D eigenvalue weighted by Crippen LogP contribution is -2.20. The van der Waals surface area contributed by atoms with E-state index < -0.39 is 12.3 Å². The summed E-state index contributed by atoms with van der Waals surface area (Å²) in [6.45, 7) is 5.64. The van der Waals surface area contributed by atoms with Crippen molar-refractivity contribution in [2.24, 2.45) is 13.0 Å². The van der Waals surface area contributed by atoms with Gasteiger partial charge in [-0.3, -0.25) is 9.48 Å². The Morgan fingerprint density at radius 1 is 1.33 bits per heavy atom. The van der Waals surface area contributed by atoms with Crippen molar-refractivity contribution in [1.29, 1.82) is 0 Å². The molecule has 33 heavy (non-hydrogen) atoms. The second-order valence-corrected chi connectivity index (χ2v) is 9.42. The number of nitrogens with one attached hydrogen (secondary N) is 1. The van der Waals surface area contributed by atoms with Gasteiger partial charge in [-0.25, -0.2) is 18.3 Å². The van der Waals surface area contributed by atoms with Crippen molar-refractivity contribution in [3.05, 3.63) is 40.8 Å². The molecule has 0 aliphatic carbocycles. The van der Waals surface area contributed by atoms with Gasteiger partial charge in [0.15, 0.2) is 5.65 Å². The molecule has 1 saturated heterocycles. The molecule has 0 radical (unpaired) electrons. The number of halogens is 2. The van der Waals surface area contributed by atoms with E-state index in [2.05, 4.69) is 37.3 Å². The smallest absolute Gasteiger partial charge is 0.281 e. The number of carbonyl (C=O) groups excluding carboxylic acids is 1. The molecule has 9 nitrogen and oxygen atoms in total. The van der Waals surface area contributed by atoms with E-state index >= 15 is 0 Å². The van der Waals surface area contributed by atoms with Crippen molar-refractivity contribution in [2.75, 3.05) is 23.3 Å². The van der Waals surface area contributed by atoms with Crippen molar-refractivity contribution in [2.45, 2.75) is 26.7 Å². The van der Waals surface area contributed by atoms with Crippen LogP contribution in [0, 0.1) is 12.8 Å². The first-order valence-corrected chi connectivity index (χ1v) is 11.3. The van der Waals surface area contributed by atoms with Gasteiger partial charge in [0.05, 0.1) is 11.8 Å². The number of hydrogen-bond acceptors (Lipinski definition) is 7. The molecule has 0 unspecified atom stereocenters. The molecule has 1 fully saturated rings. The molecule has 0 aromatic carbocycles. The van der Waals surface area contributed by atoms with Crippen molar-refractivity contribution < 1.29 is 13.6 Å². The van der Waals surface area contributed by atoms with Crippen LogP contribution in [0.15, 0.2) is 24.5 Å². The van der Waals surface area contributed by atoms with Crippen LogP contribution >= 0.6 is 11.3 Å². The van der Waals surface area contributed by atoms with Crippen molar-refractivity contribution in [3.63, 3.8) is 0 Å². The molecule has 12 heteroatoms. The fourth-order valence-corrected chi connectivity index (χ4v) is 4.91. The maximum atomic E-state index is 13.2. The van der Waals surface area contributed by atoms with E-state index in [1.165, 1.54) is 10.9 Å². The number of hydrogen-bond donors (Lipinski definition) is 1. The lowest BCUT2D eigenvalue weighted by Gasteiger charge is -2.11. The number of fused-ring (bicyclic) bond motifs is 1. The fraction of sp³-hybridized carbons (Fsp3) is 0.381. The topological polar surface area (TPSA) is 93.2 Å². The van der Waals surface area contributed by atoms with E-state index in [1.54, 1.807) is 36.8 Å². The zero-order chi connectivity index (χ0) is 23.3. The van der Waals surface area contributed by atoms with Gasteiger partial charge < -0.3 is 10.2 Å². The Kier molecular flexibility index (Phi) is 5.31. The number of carbonyl (C=O) groups is 1. The number of nitrogens with zero attached hydrogens (tertiary/aromatic N) is 7. The van der Waals surface area contributed by atoms with Crippen molar-refractivity contribution >= 4 is 34.5 Å². The number of aryl methyl sites for hydroxylation is 2. The lowest BCUT2D eigenvalue weighted by atomic mass is 10.2. The Hall–Kier alpha value is -3.41. The summed E-state index contributed by atoms with van der Waals surface area (Å²) in [6.07, 6.45) is 1.64. The highest BCUT2D eigenvalue weighted by Crippen LogP contribution is 2.34. The van der Waals surface area contributed by atoms with Gasteiger partial charge >= 0.3 is 0 Å². The highest BCUT2D eigenvalue weighted by molar-refractivity contribution is 7.15. The molecular formula is C21H22F2N8OS. The summed E-state index contributed by atoms with van der Waals surface area (Å²) in [5.41, 5.74) is 1.52. The molecular weight excluding hydrogens is 450 g/mol. The number of anilines is 2. The van der Waals surface area contributed by atoms with E-state index in [9.17, 15) is 13.6 Å². The van der Waals surface area contributed by atoms with Crippen LogP contribution < -0.4 is 10.2 Å². The zero-order valence-corrected chi connectivity index (χ0v) is 19.1. The summed E-state index contributed by atoms with van der Waals surface area (Å²) in [6, 6.07) is 3.47. The zero-order valence-electron chi connectivity index (χ0n) is 18.3. The fourth-order valence-electron chi connectivity index (χ4n) is 3.98.